The first-order valence-corrected chi connectivity index (χ1v) is 11.8. The molecule has 0 heterocycles. The number of aliphatic hydroxyl groups is 1. The highest BCUT2D eigenvalue weighted by atomic mass is 32.2. The van der Waals surface area contributed by atoms with Crippen molar-refractivity contribution in [1.82, 2.24) is 10.6 Å². The van der Waals surface area contributed by atoms with Crippen LogP contribution in [0.25, 0.3) is 0 Å². The molecule has 29 heavy (non-hydrogen) atoms. The summed E-state index contributed by atoms with van der Waals surface area (Å²) in [4.78, 5) is 4.72. The average molecular weight is 426 g/mol. The summed E-state index contributed by atoms with van der Waals surface area (Å²) >= 11 is 0. The van der Waals surface area contributed by atoms with Gasteiger partial charge in [-0.2, -0.15) is 0 Å². The van der Waals surface area contributed by atoms with Gasteiger partial charge in [-0.05, 0) is 43.9 Å². The van der Waals surface area contributed by atoms with Crippen LogP contribution in [0, 0.1) is 0 Å². The van der Waals surface area contributed by atoms with Gasteiger partial charge in [0.1, 0.15) is 6.61 Å². The number of rotatable bonds is 10. The maximum Gasteiger partial charge on any atom is 0.191 e. The normalized spacial score (nSPS) is 20.8. The molecule has 2 rings (SSSR count). The zero-order chi connectivity index (χ0) is 21.1. The predicted octanol–water partition coefficient (Wildman–Crippen LogP) is 2.20. The number of methoxy groups -OCH3 is 1. The van der Waals surface area contributed by atoms with Crippen molar-refractivity contribution in [2.45, 2.75) is 57.4 Å². The number of hydrogen-bond donors (Lipinski definition) is 3. The van der Waals surface area contributed by atoms with Gasteiger partial charge in [0.15, 0.2) is 17.5 Å². The molecule has 0 bridgehead atoms. The van der Waals surface area contributed by atoms with E-state index in [4.69, 9.17) is 19.6 Å². The molecule has 0 amide bonds. The van der Waals surface area contributed by atoms with E-state index in [1.807, 2.05) is 32.0 Å². The van der Waals surface area contributed by atoms with Crippen molar-refractivity contribution < 1.29 is 18.8 Å². The van der Waals surface area contributed by atoms with Gasteiger partial charge in [-0.25, -0.2) is 4.99 Å². The lowest BCUT2D eigenvalue weighted by atomic mass is 9.95. The number of benzene rings is 1. The van der Waals surface area contributed by atoms with Gasteiger partial charge in [0.25, 0.3) is 0 Å². The van der Waals surface area contributed by atoms with Gasteiger partial charge in [0.05, 0.1) is 20.3 Å². The second kappa shape index (κ2) is 12.7. The SMILES string of the molecule is CCNC(=NCc1ccc(OCCO)c(OC)c1)NC1CCCC(S(=O)CC)C1. The maximum absolute atomic E-state index is 12.2. The first-order valence-electron chi connectivity index (χ1n) is 10.4. The van der Waals surface area contributed by atoms with Crippen LogP contribution in [0.3, 0.4) is 0 Å². The van der Waals surface area contributed by atoms with Crippen LogP contribution in [-0.4, -0.2) is 59.2 Å². The van der Waals surface area contributed by atoms with Crippen molar-refractivity contribution >= 4 is 16.8 Å². The van der Waals surface area contributed by atoms with E-state index in [-0.39, 0.29) is 18.5 Å². The summed E-state index contributed by atoms with van der Waals surface area (Å²) in [7, 11) is 0.860. The Morgan fingerprint density at radius 3 is 2.83 bits per heavy atom. The van der Waals surface area contributed by atoms with Crippen LogP contribution in [0.15, 0.2) is 23.2 Å². The highest BCUT2D eigenvalue weighted by Gasteiger charge is 2.26. The smallest absolute Gasteiger partial charge is 0.191 e. The Hall–Kier alpha value is -1.80. The van der Waals surface area contributed by atoms with Gasteiger partial charge in [0, 0.05) is 34.4 Å². The molecular weight excluding hydrogens is 390 g/mol. The molecule has 0 aliphatic heterocycles. The molecule has 3 atom stereocenters. The molecule has 0 spiro atoms. The monoisotopic (exact) mass is 425 g/mol. The van der Waals surface area contributed by atoms with Crippen LogP contribution in [0.5, 0.6) is 11.5 Å². The molecule has 0 radical (unpaired) electrons. The van der Waals surface area contributed by atoms with Gasteiger partial charge in [0.2, 0.25) is 0 Å². The van der Waals surface area contributed by atoms with Crippen LogP contribution in [0.1, 0.15) is 45.1 Å². The Labute approximate surface area is 176 Å². The molecular formula is C21H35N3O4S. The molecule has 1 aromatic carbocycles. The third-order valence-corrected chi connectivity index (χ3v) is 6.70. The van der Waals surface area contributed by atoms with Gasteiger partial charge >= 0.3 is 0 Å². The van der Waals surface area contributed by atoms with Crippen molar-refractivity contribution in [3.05, 3.63) is 23.8 Å². The topological polar surface area (TPSA) is 92.2 Å². The minimum absolute atomic E-state index is 0.0409. The fourth-order valence-electron chi connectivity index (χ4n) is 3.52. The number of hydrogen-bond acceptors (Lipinski definition) is 5. The Morgan fingerprint density at radius 2 is 2.14 bits per heavy atom. The molecule has 3 N–H and O–H groups in total. The van der Waals surface area contributed by atoms with E-state index in [1.165, 1.54) is 0 Å². The van der Waals surface area contributed by atoms with Crippen molar-refractivity contribution in [3.63, 3.8) is 0 Å². The van der Waals surface area contributed by atoms with E-state index >= 15 is 0 Å². The van der Waals surface area contributed by atoms with Gasteiger partial charge in [-0.15, -0.1) is 0 Å². The van der Waals surface area contributed by atoms with Gasteiger partial charge in [-0.3, -0.25) is 4.21 Å². The Kier molecular flexibility index (Phi) is 10.3. The lowest BCUT2D eigenvalue weighted by molar-refractivity contribution is 0.196. The molecule has 1 aromatic rings. The zero-order valence-corrected chi connectivity index (χ0v) is 18.6. The quantitative estimate of drug-likeness (QED) is 0.393. The molecule has 1 fully saturated rings. The second-order valence-corrected chi connectivity index (χ2v) is 9.06. The first-order chi connectivity index (χ1) is 14.1. The van der Waals surface area contributed by atoms with Gasteiger partial charge < -0.3 is 25.2 Å². The molecule has 0 saturated heterocycles. The van der Waals surface area contributed by atoms with E-state index < -0.39 is 10.8 Å². The summed E-state index contributed by atoms with van der Waals surface area (Å²) in [5.74, 6) is 2.74. The molecule has 7 nitrogen and oxygen atoms in total. The van der Waals surface area contributed by atoms with Crippen LogP contribution < -0.4 is 20.1 Å². The number of guanidine groups is 1. The number of aliphatic imine (C=N–C) groups is 1. The van der Waals surface area contributed by atoms with E-state index in [2.05, 4.69) is 10.6 Å². The maximum atomic E-state index is 12.2. The first kappa shape index (κ1) is 23.5. The summed E-state index contributed by atoms with van der Waals surface area (Å²) in [5.41, 5.74) is 1.00. The summed E-state index contributed by atoms with van der Waals surface area (Å²) in [6.45, 7) is 5.51. The summed E-state index contributed by atoms with van der Waals surface area (Å²) < 4.78 is 23.1. The number of nitrogens with zero attached hydrogens (tertiary/aromatic N) is 1. The summed E-state index contributed by atoms with van der Waals surface area (Å²) in [6.07, 6.45) is 4.15. The fraction of sp³-hybridized carbons (Fsp3) is 0.667. The van der Waals surface area contributed by atoms with Crippen LogP contribution in [0.2, 0.25) is 0 Å². The Bertz CT molecular complexity index is 684. The molecule has 1 aliphatic carbocycles. The van der Waals surface area contributed by atoms with Crippen molar-refractivity contribution in [2.75, 3.05) is 32.6 Å². The van der Waals surface area contributed by atoms with E-state index in [1.54, 1.807) is 7.11 Å². The van der Waals surface area contributed by atoms with Crippen molar-refractivity contribution in [2.24, 2.45) is 4.99 Å². The lowest BCUT2D eigenvalue weighted by Gasteiger charge is -2.30. The third-order valence-electron chi connectivity index (χ3n) is 4.96. The van der Waals surface area contributed by atoms with E-state index in [0.29, 0.717) is 24.1 Å². The second-order valence-electron chi connectivity index (χ2n) is 7.05. The summed E-state index contributed by atoms with van der Waals surface area (Å²) in [6, 6.07) is 5.99. The molecule has 164 valence electrons. The predicted molar refractivity (Wildman–Crippen MR) is 118 cm³/mol. The minimum Gasteiger partial charge on any atom is -0.493 e. The molecule has 0 aromatic heterocycles. The number of nitrogens with one attached hydrogen (secondary N) is 2. The fourth-order valence-corrected chi connectivity index (χ4v) is 4.87. The van der Waals surface area contributed by atoms with Crippen LogP contribution >= 0.6 is 0 Å². The van der Waals surface area contributed by atoms with E-state index in [9.17, 15) is 4.21 Å². The highest BCUT2D eigenvalue weighted by Crippen LogP contribution is 2.28. The summed E-state index contributed by atoms with van der Waals surface area (Å²) in [5, 5.41) is 16.0. The Balaban J connectivity index is 2.02. The average Bonchev–Trinajstić information content (AvgIpc) is 2.76. The van der Waals surface area contributed by atoms with Crippen molar-refractivity contribution in [1.29, 1.82) is 0 Å². The van der Waals surface area contributed by atoms with Gasteiger partial charge in [-0.1, -0.05) is 19.4 Å². The highest BCUT2D eigenvalue weighted by molar-refractivity contribution is 7.85. The lowest BCUT2D eigenvalue weighted by Crippen LogP contribution is -2.46. The van der Waals surface area contributed by atoms with E-state index in [0.717, 1.165) is 49.5 Å². The Morgan fingerprint density at radius 1 is 1.31 bits per heavy atom. The molecule has 3 unspecified atom stereocenters. The molecule has 8 heteroatoms. The largest absolute Gasteiger partial charge is 0.493 e. The minimum atomic E-state index is -0.737. The van der Waals surface area contributed by atoms with Crippen LogP contribution in [-0.2, 0) is 17.3 Å². The number of ether oxygens (including phenoxy) is 2. The molecule has 1 saturated carbocycles. The zero-order valence-electron chi connectivity index (χ0n) is 17.8. The standard InChI is InChI=1S/C21H35N3O4S/c1-4-22-21(24-17-7-6-8-18(14-17)29(26)5-2)23-15-16-9-10-19(28-12-11-25)20(13-16)27-3/h9-10,13,17-18,25H,4-8,11-12,14-15H2,1-3H3,(H2,22,23,24). The van der Waals surface area contributed by atoms with Crippen molar-refractivity contribution in [3.8, 4) is 11.5 Å². The number of aliphatic hydroxyl groups excluding tert-OH is 1. The molecule has 1 aliphatic rings. The third kappa shape index (κ3) is 7.51. The van der Waals surface area contributed by atoms with Crippen LogP contribution in [0.4, 0.5) is 0 Å².